The van der Waals surface area contributed by atoms with E-state index in [0.717, 1.165) is 5.56 Å². The lowest BCUT2D eigenvalue weighted by atomic mass is 9.87. The van der Waals surface area contributed by atoms with Gasteiger partial charge in [-0.2, -0.15) is 0 Å². The Bertz CT molecular complexity index is 750. The highest BCUT2D eigenvalue weighted by Gasteiger charge is 2.32. The molecule has 2 rings (SSSR count). The number of nitrogens with one attached hydrogen (secondary N) is 1. The Labute approximate surface area is 151 Å². The number of benzene rings is 1. The van der Waals surface area contributed by atoms with Gasteiger partial charge in [-0.15, -0.1) is 0 Å². The summed E-state index contributed by atoms with van der Waals surface area (Å²) in [6.07, 6.45) is 2.52. The van der Waals surface area contributed by atoms with Gasteiger partial charge in [0.15, 0.2) is 0 Å². The molecule has 0 aliphatic carbocycles. The van der Waals surface area contributed by atoms with Crippen molar-refractivity contribution >= 4 is 29.3 Å². The Kier molecular flexibility index (Phi) is 5.98. The summed E-state index contributed by atoms with van der Waals surface area (Å²) < 4.78 is 5.13. The molecule has 1 aromatic heterocycles. The van der Waals surface area contributed by atoms with Gasteiger partial charge in [-0.25, -0.2) is 4.79 Å². The molecule has 0 saturated heterocycles. The predicted octanol–water partition coefficient (Wildman–Crippen LogP) is 3.72. The second-order valence-corrected chi connectivity index (χ2v) is 6.66. The summed E-state index contributed by atoms with van der Waals surface area (Å²) in [4.78, 5) is 27.9. The van der Waals surface area contributed by atoms with E-state index >= 15 is 0 Å². The number of carbonyl (C=O) groups excluding carboxylic acids is 2. The number of aromatic nitrogens is 1. The molecule has 7 heteroatoms. The highest BCUT2D eigenvalue weighted by atomic mass is 35.5. The number of hydrogen-bond acceptors (Lipinski definition) is 4. The van der Waals surface area contributed by atoms with Gasteiger partial charge in [0.2, 0.25) is 5.91 Å². The van der Waals surface area contributed by atoms with Crippen molar-refractivity contribution in [1.29, 1.82) is 0 Å². The predicted molar refractivity (Wildman–Crippen MR) is 96.4 cm³/mol. The number of anilines is 1. The molecule has 0 saturated carbocycles. The van der Waals surface area contributed by atoms with Crippen LogP contribution in [-0.2, 0) is 9.53 Å². The van der Waals surface area contributed by atoms with Crippen molar-refractivity contribution in [2.24, 2.45) is 5.73 Å². The molecule has 2 amide bonds. The third-order valence-corrected chi connectivity index (χ3v) is 3.80. The van der Waals surface area contributed by atoms with Gasteiger partial charge in [-0.05, 0) is 43.7 Å². The number of pyridine rings is 1. The molecule has 0 fully saturated rings. The van der Waals surface area contributed by atoms with E-state index in [1.54, 1.807) is 62.6 Å². The number of nitrogens with zero attached hydrogens (tertiary/aromatic N) is 1. The average molecular weight is 362 g/mol. The molecule has 25 heavy (non-hydrogen) atoms. The van der Waals surface area contributed by atoms with E-state index in [9.17, 15) is 9.59 Å². The lowest BCUT2D eigenvalue weighted by Crippen LogP contribution is -2.35. The van der Waals surface area contributed by atoms with Gasteiger partial charge in [-0.3, -0.25) is 9.78 Å². The Morgan fingerprint density at radius 3 is 2.68 bits per heavy atom. The van der Waals surface area contributed by atoms with Crippen molar-refractivity contribution in [3.05, 3.63) is 59.4 Å². The standard InChI is InChI=1S/C18H20ClN3O3/c1-18(2,25-17(20)24)10-15(12-5-3-6-13(19)9-12)16(23)22-14-7-4-8-21-11-14/h3-9,11,15H,10H2,1-2H3,(H2,20,24)(H,22,23). The summed E-state index contributed by atoms with van der Waals surface area (Å²) in [6.45, 7) is 3.40. The van der Waals surface area contributed by atoms with E-state index in [-0.39, 0.29) is 12.3 Å². The second kappa shape index (κ2) is 7.98. The smallest absolute Gasteiger partial charge is 0.405 e. The van der Waals surface area contributed by atoms with Crippen LogP contribution in [0.2, 0.25) is 5.02 Å². The molecule has 2 aromatic rings. The highest BCUT2D eigenvalue weighted by Crippen LogP contribution is 2.31. The molecule has 0 spiro atoms. The van der Waals surface area contributed by atoms with Crippen LogP contribution in [0.1, 0.15) is 31.7 Å². The Balaban J connectivity index is 2.28. The second-order valence-electron chi connectivity index (χ2n) is 6.22. The lowest BCUT2D eigenvalue weighted by Gasteiger charge is -2.28. The zero-order chi connectivity index (χ0) is 18.4. The summed E-state index contributed by atoms with van der Waals surface area (Å²) >= 11 is 6.06. The lowest BCUT2D eigenvalue weighted by molar-refractivity contribution is -0.119. The van der Waals surface area contributed by atoms with Gasteiger partial charge in [0.1, 0.15) is 5.60 Å². The van der Waals surface area contributed by atoms with Gasteiger partial charge in [-0.1, -0.05) is 23.7 Å². The van der Waals surface area contributed by atoms with Gasteiger partial charge < -0.3 is 15.8 Å². The van der Waals surface area contributed by atoms with Crippen LogP contribution in [-0.4, -0.2) is 22.6 Å². The summed E-state index contributed by atoms with van der Waals surface area (Å²) in [5.74, 6) is -0.843. The first-order valence-corrected chi connectivity index (χ1v) is 8.09. The number of nitrogens with two attached hydrogens (primary N) is 1. The van der Waals surface area contributed by atoms with Crippen LogP contribution < -0.4 is 11.1 Å². The SMILES string of the molecule is CC(C)(CC(C(=O)Nc1cccnc1)c1cccc(Cl)c1)OC(N)=O. The Morgan fingerprint density at radius 1 is 1.32 bits per heavy atom. The minimum absolute atomic E-state index is 0.238. The van der Waals surface area contributed by atoms with E-state index in [1.165, 1.54) is 0 Å². The monoisotopic (exact) mass is 361 g/mol. The van der Waals surface area contributed by atoms with Gasteiger partial charge >= 0.3 is 6.09 Å². The van der Waals surface area contributed by atoms with Crippen molar-refractivity contribution in [1.82, 2.24) is 4.98 Å². The fourth-order valence-electron chi connectivity index (χ4n) is 2.56. The van der Waals surface area contributed by atoms with Gasteiger partial charge in [0.25, 0.3) is 0 Å². The van der Waals surface area contributed by atoms with Crippen LogP contribution in [0.5, 0.6) is 0 Å². The zero-order valence-corrected chi connectivity index (χ0v) is 14.8. The summed E-state index contributed by atoms with van der Waals surface area (Å²) in [5.41, 5.74) is 5.49. The minimum atomic E-state index is -0.926. The van der Waals surface area contributed by atoms with Crippen molar-refractivity contribution in [3.63, 3.8) is 0 Å². The molecule has 6 nitrogen and oxygen atoms in total. The van der Waals surface area contributed by atoms with Crippen molar-refractivity contribution < 1.29 is 14.3 Å². The molecule has 0 aliphatic heterocycles. The maximum absolute atomic E-state index is 12.8. The quantitative estimate of drug-likeness (QED) is 0.819. The average Bonchev–Trinajstić information content (AvgIpc) is 2.52. The van der Waals surface area contributed by atoms with E-state index < -0.39 is 17.6 Å². The Morgan fingerprint density at radius 2 is 2.08 bits per heavy atom. The third kappa shape index (κ3) is 5.76. The van der Waals surface area contributed by atoms with Gasteiger partial charge in [0.05, 0.1) is 17.8 Å². The number of carbonyl (C=O) groups is 2. The summed E-state index contributed by atoms with van der Waals surface area (Å²) in [6, 6.07) is 10.5. The first-order valence-electron chi connectivity index (χ1n) is 7.72. The molecule has 0 bridgehead atoms. The van der Waals surface area contributed by atoms with Crippen LogP contribution in [0.3, 0.4) is 0 Å². The van der Waals surface area contributed by atoms with E-state index in [4.69, 9.17) is 22.1 Å². The number of halogens is 1. The molecule has 0 radical (unpaired) electrons. The first-order chi connectivity index (χ1) is 11.8. The fourth-order valence-corrected chi connectivity index (χ4v) is 2.76. The molecule has 132 valence electrons. The Hall–Kier alpha value is -2.60. The maximum atomic E-state index is 12.8. The molecule has 1 unspecified atom stereocenters. The minimum Gasteiger partial charge on any atom is -0.444 e. The first kappa shape index (κ1) is 18.7. The highest BCUT2D eigenvalue weighted by molar-refractivity contribution is 6.30. The third-order valence-electron chi connectivity index (χ3n) is 3.57. The fraction of sp³-hybridized carbons (Fsp3) is 0.278. The normalized spacial score (nSPS) is 12.3. The molecule has 1 aromatic carbocycles. The summed E-state index contributed by atoms with van der Waals surface area (Å²) in [7, 11) is 0. The zero-order valence-electron chi connectivity index (χ0n) is 14.0. The molecular formula is C18H20ClN3O3. The van der Waals surface area contributed by atoms with E-state index in [2.05, 4.69) is 10.3 Å². The number of primary amides is 1. The topological polar surface area (TPSA) is 94.3 Å². The number of hydrogen-bond donors (Lipinski definition) is 2. The maximum Gasteiger partial charge on any atom is 0.405 e. The summed E-state index contributed by atoms with van der Waals surface area (Å²) in [5, 5.41) is 3.34. The largest absolute Gasteiger partial charge is 0.444 e. The van der Waals surface area contributed by atoms with Crippen LogP contribution in [0, 0.1) is 0 Å². The van der Waals surface area contributed by atoms with Crippen LogP contribution in [0.25, 0.3) is 0 Å². The number of ether oxygens (including phenoxy) is 1. The molecule has 0 aliphatic rings. The number of rotatable bonds is 6. The van der Waals surface area contributed by atoms with Gasteiger partial charge in [0, 0.05) is 17.6 Å². The van der Waals surface area contributed by atoms with Crippen molar-refractivity contribution in [2.45, 2.75) is 31.8 Å². The van der Waals surface area contributed by atoms with E-state index in [1.807, 2.05) is 0 Å². The van der Waals surface area contributed by atoms with Crippen LogP contribution in [0.15, 0.2) is 48.8 Å². The molecule has 1 atom stereocenters. The van der Waals surface area contributed by atoms with E-state index in [0.29, 0.717) is 10.7 Å². The molecule has 1 heterocycles. The van der Waals surface area contributed by atoms with Crippen molar-refractivity contribution in [3.8, 4) is 0 Å². The van der Waals surface area contributed by atoms with Crippen LogP contribution >= 0.6 is 11.6 Å². The van der Waals surface area contributed by atoms with Crippen LogP contribution in [0.4, 0.5) is 10.5 Å². The van der Waals surface area contributed by atoms with Crippen molar-refractivity contribution in [2.75, 3.05) is 5.32 Å². The molecular weight excluding hydrogens is 342 g/mol. The number of amides is 2. The molecule has 3 N–H and O–H groups in total.